The second kappa shape index (κ2) is 7.90. The van der Waals surface area contributed by atoms with Gasteiger partial charge >= 0.3 is 0 Å². The number of rotatable bonds is 6. The minimum Gasteiger partial charge on any atom is -0.495 e. The van der Waals surface area contributed by atoms with Crippen LogP contribution in [0.1, 0.15) is 35.0 Å². The SMILES string of the molecule is COc1ccccc1NC(=O)c1nc(C(=O)NCC(C)C)n2ccccc12. The van der Waals surface area contributed by atoms with E-state index in [-0.39, 0.29) is 17.4 Å². The lowest BCUT2D eigenvalue weighted by Gasteiger charge is -2.08. The summed E-state index contributed by atoms with van der Waals surface area (Å²) in [7, 11) is 1.54. The molecule has 0 aliphatic rings. The Balaban J connectivity index is 1.94. The van der Waals surface area contributed by atoms with Gasteiger partial charge in [0.1, 0.15) is 5.75 Å². The van der Waals surface area contributed by atoms with Crippen LogP contribution < -0.4 is 15.4 Å². The highest BCUT2D eigenvalue weighted by Crippen LogP contribution is 2.24. The van der Waals surface area contributed by atoms with Gasteiger partial charge in [0.05, 0.1) is 18.3 Å². The fourth-order valence-electron chi connectivity index (χ4n) is 2.67. The largest absolute Gasteiger partial charge is 0.495 e. The van der Waals surface area contributed by atoms with E-state index in [1.54, 1.807) is 47.0 Å². The number of hydrogen-bond acceptors (Lipinski definition) is 4. The van der Waals surface area contributed by atoms with E-state index in [9.17, 15) is 9.59 Å². The van der Waals surface area contributed by atoms with Gasteiger partial charge in [-0.25, -0.2) is 4.98 Å². The summed E-state index contributed by atoms with van der Waals surface area (Å²) in [4.78, 5) is 29.7. The van der Waals surface area contributed by atoms with Crippen molar-refractivity contribution in [2.24, 2.45) is 5.92 Å². The van der Waals surface area contributed by atoms with E-state index in [1.807, 2.05) is 19.9 Å². The van der Waals surface area contributed by atoms with Crippen molar-refractivity contribution in [2.45, 2.75) is 13.8 Å². The van der Waals surface area contributed by atoms with Crippen molar-refractivity contribution in [3.8, 4) is 5.75 Å². The maximum atomic E-state index is 12.8. The van der Waals surface area contributed by atoms with Crippen molar-refractivity contribution in [3.05, 3.63) is 60.2 Å². The zero-order chi connectivity index (χ0) is 19.4. The van der Waals surface area contributed by atoms with Crippen LogP contribution in [0.2, 0.25) is 0 Å². The molecular formula is C20H22N4O3. The summed E-state index contributed by atoms with van der Waals surface area (Å²) in [6, 6.07) is 12.5. The van der Waals surface area contributed by atoms with Gasteiger partial charge in [0.2, 0.25) is 5.82 Å². The molecule has 3 rings (SSSR count). The molecule has 0 radical (unpaired) electrons. The maximum absolute atomic E-state index is 12.8. The highest BCUT2D eigenvalue weighted by molar-refractivity contribution is 6.09. The van der Waals surface area contributed by atoms with Crippen LogP contribution in [0.5, 0.6) is 5.75 Å². The first-order chi connectivity index (χ1) is 13.0. The number of carbonyl (C=O) groups is 2. The van der Waals surface area contributed by atoms with Crippen molar-refractivity contribution in [2.75, 3.05) is 19.0 Å². The molecule has 2 N–H and O–H groups in total. The van der Waals surface area contributed by atoms with Crippen LogP contribution in [0.25, 0.3) is 5.52 Å². The van der Waals surface area contributed by atoms with Crippen molar-refractivity contribution in [1.82, 2.24) is 14.7 Å². The second-order valence-electron chi connectivity index (χ2n) is 6.50. The van der Waals surface area contributed by atoms with Gasteiger partial charge in [0, 0.05) is 12.7 Å². The molecule has 0 spiro atoms. The highest BCUT2D eigenvalue weighted by Gasteiger charge is 2.22. The molecular weight excluding hydrogens is 344 g/mol. The first-order valence-electron chi connectivity index (χ1n) is 8.71. The number of nitrogens with zero attached hydrogens (tertiary/aromatic N) is 2. The molecule has 140 valence electrons. The van der Waals surface area contributed by atoms with E-state index in [0.29, 0.717) is 29.4 Å². The molecule has 0 saturated carbocycles. The van der Waals surface area contributed by atoms with Crippen LogP contribution in [0, 0.1) is 5.92 Å². The van der Waals surface area contributed by atoms with Gasteiger partial charge in [0.25, 0.3) is 11.8 Å². The Hall–Kier alpha value is -3.35. The number of ether oxygens (including phenoxy) is 1. The van der Waals surface area contributed by atoms with Gasteiger partial charge in [0.15, 0.2) is 5.69 Å². The van der Waals surface area contributed by atoms with E-state index >= 15 is 0 Å². The molecule has 2 aromatic heterocycles. The molecule has 2 amide bonds. The highest BCUT2D eigenvalue weighted by atomic mass is 16.5. The zero-order valence-electron chi connectivity index (χ0n) is 15.5. The van der Waals surface area contributed by atoms with Gasteiger partial charge in [-0.2, -0.15) is 0 Å². The summed E-state index contributed by atoms with van der Waals surface area (Å²) in [6.45, 7) is 4.55. The van der Waals surface area contributed by atoms with Crippen molar-refractivity contribution >= 4 is 23.0 Å². The molecule has 0 fully saturated rings. The number of aromatic nitrogens is 2. The Morgan fingerprint density at radius 2 is 1.85 bits per heavy atom. The molecule has 2 heterocycles. The first-order valence-corrected chi connectivity index (χ1v) is 8.71. The van der Waals surface area contributed by atoms with Crippen LogP contribution in [0.4, 0.5) is 5.69 Å². The molecule has 0 atom stereocenters. The van der Waals surface area contributed by atoms with Crippen LogP contribution in [-0.4, -0.2) is 34.9 Å². The minimum atomic E-state index is -0.411. The van der Waals surface area contributed by atoms with E-state index < -0.39 is 5.91 Å². The van der Waals surface area contributed by atoms with Gasteiger partial charge in [-0.3, -0.25) is 14.0 Å². The fraction of sp³-hybridized carbons (Fsp3) is 0.250. The van der Waals surface area contributed by atoms with Gasteiger partial charge < -0.3 is 15.4 Å². The predicted octanol–water partition coefficient (Wildman–Crippen LogP) is 2.98. The Morgan fingerprint density at radius 1 is 1.11 bits per heavy atom. The zero-order valence-corrected chi connectivity index (χ0v) is 15.5. The van der Waals surface area contributed by atoms with Crippen molar-refractivity contribution in [1.29, 1.82) is 0 Å². The number of anilines is 1. The van der Waals surface area contributed by atoms with Gasteiger partial charge in [-0.05, 0) is 30.2 Å². The molecule has 0 saturated heterocycles. The van der Waals surface area contributed by atoms with Crippen LogP contribution in [0.3, 0.4) is 0 Å². The number of imidazole rings is 1. The number of hydrogen-bond donors (Lipinski definition) is 2. The molecule has 0 bridgehead atoms. The molecule has 1 aromatic carbocycles. The number of para-hydroxylation sites is 2. The Bertz CT molecular complexity index is 978. The number of methoxy groups -OCH3 is 1. The standard InChI is InChI=1S/C20H22N4O3/c1-13(2)12-21-20(26)18-23-17(15-9-6-7-11-24(15)18)19(25)22-14-8-4-5-10-16(14)27-3/h4-11,13H,12H2,1-3H3,(H,21,26)(H,22,25). The summed E-state index contributed by atoms with van der Waals surface area (Å²) in [5, 5.41) is 5.64. The third kappa shape index (κ3) is 3.92. The molecule has 7 nitrogen and oxygen atoms in total. The fourth-order valence-corrected chi connectivity index (χ4v) is 2.67. The first kappa shape index (κ1) is 18.4. The number of benzene rings is 1. The quantitative estimate of drug-likeness (QED) is 0.702. The average molecular weight is 366 g/mol. The van der Waals surface area contributed by atoms with Gasteiger partial charge in [-0.15, -0.1) is 0 Å². The molecule has 0 aliphatic heterocycles. The van der Waals surface area contributed by atoms with Gasteiger partial charge in [-0.1, -0.05) is 32.0 Å². The number of pyridine rings is 1. The molecule has 27 heavy (non-hydrogen) atoms. The molecule has 0 aliphatic carbocycles. The molecule has 3 aromatic rings. The summed E-state index contributed by atoms with van der Waals surface area (Å²) < 4.78 is 6.88. The summed E-state index contributed by atoms with van der Waals surface area (Å²) in [5.41, 5.74) is 1.27. The Labute approximate surface area is 157 Å². The topological polar surface area (TPSA) is 84.7 Å². The Morgan fingerprint density at radius 3 is 2.59 bits per heavy atom. The van der Waals surface area contributed by atoms with Crippen molar-refractivity contribution < 1.29 is 14.3 Å². The van der Waals surface area contributed by atoms with Crippen LogP contribution >= 0.6 is 0 Å². The summed E-state index contributed by atoms with van der Waals surface area (Å²) >= 11 is 0. The number of amides is 2. The number of nitrogens with one attached hydrogen (secondary N) is 2. The van der Waals surface area contributed by atoms with Crippen LogP contribution in [-0.2, 0) is 0 Å². The lowest BCUT2D eigenvalue weighted by atomic mass is 10.2. The average Bonchev–Trinajstić information content (AvgIpc) is 3.06. The van der Waals surface area contributed by atoms with E-state index in [1.165, 1.54) is 7.11 Å². The number of fused-ring (bicyclic) bond motifs is 1. The molecule has 0 unspecified atom stereocenters. The predicted molar refractivity (Wildman–Crippen MR) is 103 cm³/mol. The van der Waals surface area contributed by atoms with E-state index in [2.05, 4.69) is 15.6 Å². The maximum Gasteiger partial charge on any atom is 0.287 e. The Kier molecular flexibility index (Phi) is 5.40. The lowest BCUT2D eigenvalue weighted by molar-refractivity contribution is 0.0938. The molecule has 7 heteroatoms. The summed E-state index contributed by atoms with van der Waals surface area (Å²) in [6.07, 6.45) is 1.71. The minimum absolute atomic E-state index is 0.177. The monoisotopic (exact) mass is 366 g/mol. The third-order valence-electron chi connectivity index (χ3n) is 3.99. The second-order valence-corrected chi connectivity index (χ2v) is 6.50. The third-order valence-corrected chi connectivity index (χ3v) is 3.99. The van der Waals surface area contributed by atoms with Crippen LogP contribution in [0.15, 0.2) is 48.7 Å². The lowest BCUT2D eigenvalue weighted by Crippen LogP contribution is -2.29. The van der Waals surface area contributed by atoms with Crippen molar-refractivity contribution in [3.63, 3.8) is 0 Å². The van der Waals surface area contributed by atoms with E-state index in [4.69, 9.17) is 4.74 Å². The number of carbonyl (C=O) groups excluding carboxylic acids is 2. The normalized spacial score (nSPS) is 10.8. The summed E-state index contributed by atoms with van der Waals surface area (Å²) in [5.74, 6) is 0.307. The van der Waals surface area contributed by atoms with E-state index in [0.717, 1.165) is 0 Å². The smallest absolute Gasteiger partial charge is 0.287 e.